The molecule has 20 heavy (non-hydrogen) atoms. The molecule has 1 aromatic carbocycles. The van der Waals surface area contributed by atoms with Crippen LogP contribution < -0.4 is 11.1 Å². The Bertz CT molecular complexity index is 467. The molecule has 1 aromatic rings. The fourth-order valence-corrected chi connectivity index (χ4v) is 1.57. The molecule has 0 aliphatic heterocycles. The summed E-state index contributed by atoms with van der Waals surface area (Å²) in [5, 5.41) is 2.77. The average molecular weight is 277 g/mol. The molecule has 0 aliphatic carbocycles. The number of carbonyl (C=O) groups is 2. The van der Waals surface area contributed by atoms with Crippen LogP contribution in [0.5, 0.6) is 0 Å². The summed E-state index contributed by atoms with van der Waals surface area (Å²) in [4.78, 5) is 24.9. The van der Waals surface area contributed by atoms with E-state index in [2.05, 4.69) is 5.32 Å². The quantitative estimate of drug-likeness (QED) is 0.850. The Morgan fingerprint density at radius 3 is 2.20 bits per heavy atom. The number of carbonyl (C=O) groups excluding carboxylic acids is 2. The van der Waals surface area contributed by atoms with Crippen LogP contribution in [0.4, 0.5) is 5.69 Å². The summed E-state index contributed by atoms with van der Waals surface area (Å²) in [6.45, 7) is 3.81. The van der Waals surface area contributed by atoms with Crippen molar-refractivity contribution in [3.63, 3.8) is 0 Å². The van der Waals surface area contributed by atoms with Gasteiger partial charge in [-0.1, -0.05) is 26.0 Å². The summed E-state index contributed by atoms with van der Waals surface area (Å²) in [6.07, 6.45) is 0.354. The lowest BCUT2D eigenvalue weighted by molar-refractivity contribution is -0.128. The van der Waals surface area contributed by atoms with Crippen LogP contribution in [0.25, 0.3) is 0 Å². The van der Waals surface area contributed by atoms with Gasteiger partial charge in [-0.15, -0.1) is 0 Å². The highest BCUT2D eigenvalue weighted by molar-refractivity contribution is 5.94. The maximum absolute atomic E-state index is 11.8. The Balaban J connectivity index is 2.63. The van der Waals surface area contributed by atoms with Gasteiger partial charge in [0.15, 0.2) is 0 Å². The van der Waals surface area contributed by atoms with Crippen molar-refractivity contribution >= 4 is 17.5 Å². The number of hydrogen-bond donors (Lipinski definition) is 2. The van der Waals surface area contributed by atoms with Crippen molar-refractivity contribution in [2.45, 2.75) is 26.3 Å². The smallest absolute Gasteiger partial charge is 0.241 e. The second-order valence-electron chi connectivity index (χ2n) is 5.42. The summed E-state index contributed by atoms with van der Waals surface area (Å²) in [7, 11) is 3.45. The standard InChI is InChI=1S/C15H23N3O2/c1-10(2)14(16)15(20)17-12-7-5-11(6-8-12)9-13(19)18(3)4/h5-8,10,14H,9,16H2,1-4H3,(H,17,20)/t14-/m1/s1. The second-order valence-corrected chi connectivity index (χ2v) is 5.42. The Kier molecular flexibility index (Phi) is 5.70. The third kappa shape index (κ3) is 4.66. The number of rotatable bonds is 5. The van der Waals surface area contributed by atoms with E-state index in [0.29, 0.717) is 12.1 Å². The number of benzene rings is 1. The second kappa shape index (κ2) is 7.05. The molecule has 0 radical (unpaired) electrons. The van der Waals surface area contributed by atoms with Gasteiger partial charge in [0.2, 0.25) is 11.8 Å². The molecule has 0 spiro atoms. The summed E-state index contributed by atoms with van der Waals surface area (Å²) in [6, 6.07) is 6.70. The van der Waals surface area contributed by atoms with E-state index in [1.54, 1.807) is 31.1 Å². The summed E-state index contributed by atoms with van der Waals surface area (Å²) < 4.78 is 0. The first-order valence-electron chi connectivity index (χ1n) is 6.66. The maximum atomic E-state index is 11.8. The molecule has 5 heteroatoms. The van der Waals surface area contributed by atoms with Crippen LogP contribution in [0.2, 0.25) is 0 Å². The van der Waals surface area contributed by atoms with Crippen molar-refractivity contribution in [2.24, 2.45) is 11.7 Å². The number of nitrogens with one attached hydrogen (secondary N) is 1. The molecule has 0 saturated heterocycles. The number of anilines is 1. The molecule has 0 bridgehead atoms. The van der Waals surface area contributed by atoms with Gasteiger partial charge < -0.3 is 16.0 Å². The number of hydrogen-bond acceptors (Lipinski definition) is 3. The van der Waals surface area contributed by atoms with Gasteiger partial charge in [0.1, 0.15) is 0 Å². The van der Waals surface area contributed by atoms with Crippen molar-refractivity contribution in [2.75, 3.05) is 19.4 Å². The molecular formula is C15H23N3O2. The van der Waals surface area contributed by atoms with Crippen LogP contribution in [-0.2, 0) is 16.0 Å². The van der Waals surface area contributed by atoms with E-state index in [1.807, 2.05) is 26.0 Å². The van der Waals surface area contributed by atoms with Gasteiger partial charge in [-0.25, -0.2) is 0 Å². The summed E-state index contributed by atoms with van der Waals surface area (Å²) >= 11 is 0. The fourth-order valence-electron chi connectivity index (χ4n) is 1.57. The molecule has 110 valence electrons. The highest BCUT2D eigenvalue weighted by atomic mass is 16.2. The van der Waals surface area contributed by atoms with Gasteiger partial charge in [-0.2, -0.15) is 0 Å². The predicted octanol–water partition coefficient (Wildman–Crippen LogP) is 1.24. The minimum atomic E-state index is -0.523. The molecule has 0 aromatic heterocycles. The normalized spacial score (nSPS) is 12.1. The van der Waals surface area contributed by atoms with Crippen molar-refractivity contribution in [3.05, 3.63) is 29.8 Å². The van der Waals surface area contributed by atoms with Crippen molar-refractivity contribution in [3.8, 4) is 0 Å². The number of nitrogens with two attached hydrogens (primary N) is 1. The zero-order chi connectivity index (χ0) is 15.3. The summed E-state index contributed by atoms with van der Waals surface area (Å²) in [5.74, 6) is -0.0623. The highest BCUT2D eigenvalue weighted by Crippen LogP contribution is 2.12. The van der Waals surface area contributed by atoms with Gasteiger partial charge in [0.25, 0.3) is 0 Å². The van der Waals surface area contributed by atoms with Gasteiger partial charge in [0.05, 0.1) is 12.5 Å². The minimum Gasteiger partial charge on any atom is -0.349 e. The Morgan fingerprint density at radius 2 is 1.75 bits per heavy atom. The molecule has 0 unspecified atom stereocenters. The number of likely N-dealkylation sites (N-methyl/N-ethyl adjacent to an activating group) is 1. The van der Waals surface area contributed by atoms with Crippen molar-refractivity contribution in [1.29, 1.82) is 0 Å². The van der Waals surface area contributed by atoms with E-state index in [9.17, 15) is 9.59 Å². The van der Waals surface area contributed by atoms with E-state index in [0.717, 1.165) is 5.56 Å². The fraction of sp³-hybridized carbons (Fsp3) is 0.467. The van der Waals surface area contributed by atoms with Crippen LogP contribution in [0.3, 0.4) is 0 Å². The van der Waals surface area contributed by atoms with Gasteiger partial charge in [-0.05, 0) is 23.6 Å². The van der Waals surface area contributed by atoms with Crippen LogP contribution >= 0.6 is 0 Å². The SMILES string of the molecule is CC(C)[C@@H](N)C(=O)Nc1ccc(CC(=O)N(C)C)cc1. The largest absolute Gasteiger partial charge is 0.349 e. The van der Waals surface area contributed by atoms with E-state index >= 15 is 0 Å². The zero-order valence-corrected chi connectivity index (χ0v) is 12.5. The van der Waals surface area contributed by atoms with Gasteiger partial charge in [0, 0.05) is 19.8 Å². The van der Waals surface area contributed by atoms with E-state index < -0.39 is 6.04 Å². The lowest BCUT2D eigenvalue weighted by Gasteiger charge is -2.15. The van der Waals surface area contributed by atoms with E-state index in [-0.39, 0.29) is 17.7 Å². The van der Waals surface area contributed by atoms with Gasteiger partial charge in [-0.3, -0.25) is 9.59 Å². The first-order valence-corrected chi connectivity index (χ1v) is 6.66. The third-order valence-electron chi connectivity index (χ3n) is 3.10. The Hall–Kier alpha value is -1.88. The van der Waals surface area contributed by atoms with Crippen molar-refractivity contribution < 1.29 is 9.59 Å². The molecule has 5 nitrogen and oxygen atoms in total. The molecule has 0 aliphatic rings. The first-order chi connectivity index (χ1) is 9.31. The average Bonchev–Trinajstić information content (AvgIpc) is 2.39. The lowest BCUT2D eigenvalue weighted by Crippen LogP contribution is -2.39. The zero-order valence-electron chi connectivity index (χ0n) is 12.5. The van der Waals surface area contributed by atoms with Crippen LogP contribution in [0, 0.1) is 5.92 Å². The van der Waals surface area contributed by atoms with E-state index in [1.165, 1.54) is 0 Å². The number of amides is 2. The monoisotopic (exact) mass is 277 g/mol. The number of nitrogens with zero attached hydrogens (tertiary/aromatic N) is 1. The first kappa shape index (κ1) is 16.2. The molecule has 3 N–H and O–H groups in total. The molecule has 0 fully saturated rings. The molecule has 1 rings (SSSR count). The Morgan fingerprint density at radius 1 is 1.20 bits per heavy atom. The lowest BCUT2D eigenvalue weighted by atomic mass is 10.0. The van der Waals surface area contributed by atoms with Crippen LogP contribution in [0.15, 0.2) is 24.3 Å². The molecule has 1 atom stereocenters. The Labute approximate surface area is 120 Å². The minimum absolute atomic E-state index is 0.0450. The molecular weight excluding hydrogens is 254 g/mol. The highest BCUT2D eigenvalue weighted by Gasteiger charge is 2.17. The third-order valence-corrected chi connectivity index (χ3v) is 3.10. The van der Waals surface area contributed by atoms with Crippen LogP contribution in [0.1, 0.15) is 19.4 Å². The summed E-state index contributed by atoms with van der Waals surface area (Å²) in [5.41, 5.74) is 7.37. The molecule has 0 heterocycles. The van der Waals surface area contributed by atoms with E-state index in [4.69, 9.17) is 5.73 Å². The van der Waals surface area contributed by atoms with Crippen LogP contribution in [-0.4, -0.2) is 36.9 Å². The molecule has 0 saturated carbocycles. The molecule has 2 amide bonds. The predicted molar refractivity (Wildman–Crippen MR) is 80.3 cm³/mol. The maximum Gasteiger partial charge on any atom is 0.241 e. The van der Waals surface area contributed by atoms with Gasteiger partial charge >= 0.3 is 0 Å². The topological polar surface area (TPSA) is 75.4 Å². The van der Waals surface area contributed by atoms with Crippen molar-refractivity contribution in [1.82, 2.24) is 4.90 Å².